The van der Waals surface area contributed by atoms with Gasteiger partial charge in [-0.2, -0.15) is 0 Å². The molecule has 1 atom stereocenters. The number of methoxy groups -OCH3 is 1. The van der Waals surface area contributed by atoms with Crippen LogP contribution in [-0.2, 0) is 9.53 Å². The van der Waals surface area contributed by atoms with E-state index in [4.69, 9.17) is 4.74 Å². The van der Waals surface area contributed by atoms with Gasteiger partial charge in [-0.3, -0.25) is 0 Å². The first kappa shape index (κ1) is 12.6. The third kappa shape index (κ3) is 5.81. The Hall–Kier alpha value is -0.370. The van der Waals surface area contributed by atoms with Gasteiger partial charge in [0.25, 0.3) is 0 Å². The van der Waals surface area contributed by atoms with Crippen molar-refractivity contribution in [3.63, 3.8) is 0 Å². The average Bonchev–Trinajstić information content (AvgIpc) is 2.04. The standard InChI is InChI=1S/C11H22O2/c1-5-8-11(3,13-4)9-6-7-10(2)12/h5-9H2,1-4H3/t11-/m1/s1. The van der Waals surface area contributed by atoms with Gasteiger partial charge in [-0.15, -0.1) is 0 Å². The van der Waals surface area contributed by atoms with E-state index in [9.17, 15) is 4.79 Å². The van der Waals surface area contributed by atoms with Crippen LogP contribution in [0.1, 0.15) is 52.9 Å². The Kier molecular flexibility index (Phi) is 5.97. The van der Waals surface area contributed by atoms with Gasteiger partial charge >= 0.3 is 0 Å². The normalized spacial score (nSPS) is 15.4. The van der Waals surface area contributed by atoms with Gasteiger partial charge in [-0.05, 0) is 33.1 Å². The molecule has 2 heteroatoms. The Balaban J connectivity index is 3.76. The Labute approximate surface area is 81.7 Å². The summed E-state index contributed by atoms with van der Waals surface area (Å²) >= 11 is 0. The lowest BCUT2D eigenvalue weighted by molar-refractivity contribution is -0.117. The lowest BCUT2D eigenvalue weighted by atomic mass is 9.93. The maximum absolute atomic E-state index is 10.7. The van der Waals surface area contributed by atoms with Crippen molar-refractivity contribution in [2.75, 3.05) is 7.11 Å². The highest BCUT2D eigenvalue weighted by Crippen LogP contribution is 2.23. The van der Waals surface area contributed by atoms with E-state index in [1.54, 1.807) is 14.0 Å². The lowest BCUT2D eigenvalue weighted by Gasteiger charge is -2.27. The first-order valence-electron chi connectivity index (χ1n) is 5.08. The molecule has 78 valence electrons. The van der Waals surface area contributed by atoms with Crippen LogP contribution < -0.4 is 0 Å². The van der Waals surface area contributed by atoms with Crippen molar-refractivity contribution in [3.05, 3.63) is 0 Å². The molecule has 0 N–H and O–H groups in total. The number of ether oxygens (including phenoxy) is 1. The molecule has 0 aliphatic carbocycles. The maximum Gasteiger partial charge on any atom is 0.129 e. The summed E-state index contributed by atoms with van der Waals surface area (Å²) in [4.78, 5) is 10.7. The molecule has 0 spiro atoms. The highest BCUT2D eigenvalue weighted by atomic mass is 16.5. The van der Waals surface area contributed by atoms with Crippen LogP contribution in [0.5, 0.6) is 0 Å². The van der Waals surface area contributed by atoms with E-state index in [-0.39, 0.29) is 11.4 Å². The average molecular weight is 186 g/mol. The number of carbonyl (C=O) groups is 1. The Bertz CT molecular complexity index is 154. The van der Waals surface area contributed by atoms with Gasteiger partial charge < -0.3 is 9.53 Å². The van der Waals surface area contributed by atoms with Crippen LogP contribution in [0.2, 0.25) is 0 Å². The lowest BCUT2D eigenvalue weighted by Crippen LogP contribution is -2.26. The van der Waals surface area contributed by atoms with Crippen molar-refractivity contribution in [3.8, 4) is 0 Å². The van der Waals surface area contributed by atoms with Crippen molar-refractivity contribution in [2.24, 2.45) is 0 Å². The zero-order valence-electron chi connectivity index (χ0n) is 9.35. The first-order chi connectivity index (χ1) is 6.04. The fourth-order valence-electron chi connectivity index (χ4n) is 1.57. The molecule has 0 aliphatic heterocycles. The minimum Gasteiger partial charge on any atom is -0.379 e. The SMILES string of the molecule is CCC[C@](C)(CCCC(C)=O)OC. The fourth-order valence-corrected chi connectivity index (χ4v) is 1.57. The Morgan fingerprint density at radius 2 is 2.00 bits per heavy atom. The van der Waals surface area contributed by atoms with E-state index in [1.807, 2.05) is 0 Å². The van der Waals surface area contributed by atoms with Crippen molar-refractivity contribution >= 4 is 5.78 Å². The molecule has 0 aromatic rings. The molecule has 0 fully saturated rings. The second kappa shape index (κ2) is 6.14. The van der Waals surface area contributed by atoms with E-state index >= 15 is 0 Å². The van der Waals surface area contributed by atoms with Crippen LogP contribution >= 0.6 is 0 Å². The fraction of sp³-hybridized carbons (Fsp3) is 0.909. The summed E-state index contributed by atoms with van der Waals surface area (Å²) in [5.41, 5.74) is -0.0236. The van der Waals surface area contributed by atoms with Crippen molar-refractivity contribution in [1.29, 1.82) is 0 Å². The van der Waals surface area contributed by atoms with Crippen LogP contribution in [0.3, 0.4) is 0 Å². The third-order valence-electron chi connectivity index (χ3n) is 2.51. The smallest absolute Gasteiger partial charge is 0.129 e. The van der Waals surface area contributed by atoms with E-state index in [1.165, 1.54) is 0 Å². The van der Waals surface area contributed by atoms with E-state index in [0.717, 1.165) is 25.7 Å². The summed E-state index contributed by atoms with van der Waals surface area (Å²) < 4.78 is 5.45. The maximum atomic E-state index is 10.7. The largest absolute Gasteiger partial charge is 0.379 e. The number of rotatable bonds is 7. The zero-order valence-corrected chi connectivity index (χ0v) is 9.35. The Morgan fingerprint density at radius 1 is 1.38 bits per heavy atom. The van der Waals surface area contributed by atoms with Crippen molar-refractivity contribution < 1.29 is 9.53 Å². The molecule has 0 radical (unpaired) electrons. The Morgan fingerprint density at radius 3 is 2.38 bits per heavy atom. The monoisotopic (exact) mass is 186 g/mol. The molecule has 2 nitrogen and oxygen atoms in total. The zero-order chi connectivity index (χ0) is 10.3. The van der Waals surface area contributed by atoms with Gasteiger partial charge in [0, 0.05) is 13.5 Å². The molecule has 0 bridgehead atoms. The number of Topliss-reactive ketones (excluding diaryl/α,β-unsaturated/α-hetero) is 1. The molecule has 0 heterocycles. The molecular weight excluding hydrogens is 164 g/mol. The van der Waals surface area contributed by atoms with Crippen LogP contribution in [0.15, 0.2) is 0 Å². The minimum atomic E-state index is -0.0236. The van der Waals surface area contributed by atoms with E-state index < -0.39 is 0 Å². The number of ketones is 1. The van der Waals surface area contributed by atoms with E-state index in [2.05, 4.69) is 13.8 Å². The van der Waals surface area contributed by atoms with Gasteiger partial charge in [0.2, 0.25) is 0 Å². The van der Waals surface area contributed by atoms with Crippen LogP contribution in [0.4, 0.5) is 0 Å². The number of hydrogen-bond acceptors (Lipinski definition) is 2. The predicted molar refractivity (Wildman–Crippen MR) is 54.9 cm³/mol. The molecule has 0 amide bonds. The molecule has 0 saturated heterocycles. The predicted octanol–water partition coefficient (Wildman–Crippen LogP) is 2.95. The highest BCUT2D eigenvalue weighted by Gasteiger charge is 2.21. The van der Waals surface area contributed by atoms with Crippen molar-refractivity contribution in [1.82, 2.24) is 0 Å². The molecule has 13 heavy (non-hydrogen) atoms. The summed E-state index contributed by atoms with van der Waals surface area (Å²) in [5, 5.41) is 0. The molecular formula is C11H22O2. The number of carbonyl (C=O) groups excluding carboxylic acids is 1. The first-order valence-corrected chi connectivity index (χ1v) is 5.08. The van der Waals surface area contributed by atoms with E-state index in [0.29, 0.717) is 6.42 Å². The molecule has 0 unspecified atom stereocenters. The van der Waals surface area contributed by atoms with Crippen molar-refractivity contribution in [2.45, 2.75) is 58.5 Å². The second-order valence-electron chi connectivity index (χ2n) is 3.96. The quantitative estimate of drug-likeness (QED) is 0.611. The second-order valence-corrected chi connectivity index (χ2v) is 3.96. The molecule has 0 saturated carbocycles. The third-order valence-corrected chi connectivity index (χ3v) is 2.51. The minimum absolute atomic E-state index is 0.0236. The summed E-state index contributed by atoms with van der Waals surface area (Å²) in [7, 11) is 1.75. The van der Waals surface area contributed by atoms with Crippen LogP contribution in [0.25, 0.3) is 0 Å². The van der Waals surface area contributed by atoms with Crippen LogP contribution in [0, 0.1) is 0 Å². The summed E-state index contributed by atoms with van der Waals surface area (Å²) in [6.45, 7) is 5.92. The molecule has 0 aliphatic rings. The summed E-state index contributed by atoms with van der Waals surface area (Å²) in [5.74, 6) is 0.273. The van der Waals surface area contributed by atoms with Gasteiger partial charge in [0.1, 0.15) is 5.78 Å². The van der Waals surface area contributed by atoms with Gasteiger partial charge in [0.05, 0.1) is 5.60 Å². The summed E-state index contributed by atoms with van der Waals surface area (Å²) in [6, 6.07) is 0. The number of hydrogen-bond donors (Lipinski definition) is 0. The van der Waals surface area contributed by atoms with Gasteiger partial charge in [-0.1, -0.05) is 13.3 Å². The van der Waals surface area contributed by atoms with Gasteiger partial charge in [0.15, 0.2) is 0 Å². The highest BCUT2D eigenvalue weighted by molar-refractivity contribution is 5.75. The molecule has 0 aromatic heterocycles. The molecule has 0 aromatic carbocycles. The summed E-state index contributed by atoms with van der Waals surface area (Å²) in [6.07, 6.45) is 4.81. The van der Waals surface area contributed by atoms with Crippen LogP contribution in [-0.4, -0.2) is 18.5 Å². The topological polar surface area (TPSA) is 26.3 Å². The molecule has 0 rings (SSSR count). The van der Waals surface area contributed by atoms with Gasteiger partial charge in [-0.25, -0.2) is 0 Å².